The lowest BCUT2D eigenvalue weighted by molar-refractivity contribution is 0.306. The van der Waals surface area contributed by atoms with Gasteiger partial charge < -0.3 is 10.1 Å². The highest BCUT2D eigenvalue weighted by molar-refractivity contribution is 6.32. The summed E-state index contributed by atoms with van der Waals surface area (Å²) >= 11 is 6.31. The van der Waals surface area contributed by atoms with E-state index in [4.69, 9.17) is 16.3 Å². The number of nitrogens with one attached hydrogen (secondary N) is 1. The van der Waals surface area contributed by atoms with Crippen LogP contribution in [0.5, 0.6) is 5.75 Å². The van der Waals surface area contributed by atoms with Crippen molar-refractivity contribution in [3.05, 3.63) is 64.2 Å². The van der Waals surface area contributed by atoms with Crippen LogP contribution in [0.2, 0.25) is 5.02 Å². The van der Waals surface area contributed by atoms with Gasteiger partial charge in [-0.3, -0.25) is 0 Å². The summed E-state index contributed by atoms with van der Waals surface area (Å²) in [7, 11) is 0. The molecule has 0 bridgehead atoms. The normalized spacial score (nSPS) is 12.2. The predicted octanol–water partition coefficient (Wildman–Crippen LogP) is 4.90. The molecule has 0 aliphatic heterocycles. The highest BCUT2D eigenvalue weighted by Crippen LogP contribution is 2.28. The molecule has 1 unspecified atom stereocenters. The molecule has 2 rings (SSSR count). The zero-order chi connectivity index (χ0) is 15.2. The maximum Gasteiger partial charge on any atom is 0.138 e. The van der Waals surface area contributed by atoms with E-state index in [2.05, 4.69) is 56.4 Å². The Morgan fingerprint density at radius 3 is 2.48 bits per heavy atom. The zero-order valence-corrected chi connectivity index (χ0v) is 13.6. The molecule has 0 aliphatic rings. The fourth-order valence-corrected chi connectivity index (χ4v) is 2.42. The smallest absolute Gasteiger partial charge is 0.138 e. The van der Waals surface area contributed by atoms with Gasteiger partial charge in [0.2, 0.25) is 0 Å². The first kappa shape index (κ1) is 15.9. The van der Waals surface area contributed by atoms with Crippen molar-refractivity contribution in [3.63, 3.8) is 0 Å². The van der Waals surface area contributed by atoms with Gasteiger partial charge in [-0.2, -0.15) is 0 Å². The molecule has 0 aliphatic carbocycles. The van der Waals surface area contributed by atoms with Crippen molar-refractivity contribution < 1.29 is 4.74 Å². The Balaban J connectivity index is 2.02. The van der Waals surface area contributed by atoms with E-state index >= 15 is 0 Å². The van der Waals surface area contributed by atoms with Crippen LogP contribution < -0.4 is 10.1 Å². The molecule has 0 spiro atoms. The van der Waals surface area contributed by atoms with E-state index in [1.165, 1.54) is 11.1 Å². The van der Waals surface area contributed by atoms with Crippen LogP contribution in [0.15, 0.2) is 42.5 Å². The molecule has 21 heavy (non-hydrogen) atoms. The van der Waals surface area contributed by atoms with Crippen LogP contribution in [0, 0.1) is 6.92 Å². The van der Waals surface area contributed by atoms with Gasteiger partial charge >= 0.3 is 0 Å². The molecule has 112 valence electrons. The second-order valence-corrected chi connectivity index (χ2v) is 5.65. The van der Waals surface area contributed by atoms with Crippen LogP contribution in [0.1, 0.15) is 36.6 Å². The van der Waals surface area contributed by atoms with E-state index in [-0.39, 0.29) is 0 Å². The molecule has 1 atom stereocenters. The second-order valence-electron chi connectivity index (χ2n) is 5.24. The molecule has 0 aromatic heterocycles. The van der Waals surface area contributed by atoms with Crippen LogP contribution in [0.4, 0.5) is 0 Å². The minimum absolute atomic E-state index is 0.290. The number of benzene rings is 2. The van der Waals surface area contributed by atoms with Crippen molar-refractivity contribution in [3.8, 4) is 5.75 Å². The SMILES string of the molecule is CCNC(C)c1ccc(OCc2ccc(C)cc2)c(Cl)c1. The van der Waals surface area contributed by atoms with Gasteiger partial charge in [0.25, 0.3) is 0 Å². The third-order valence-electron chi connectivity index (χ3n) is 3.48. The summed E-state index contributed by atoms with van der Waals surface area (Å²) in [5.41, 5.74) is 3.56. The summed E-state index contributed by atoms with van der Waals surface area (Å²) < 4.78 is 5.81. The molecule has 2 aromatic carbocycles. The summed E-state index contributed by atoms with van der Waals surface area (Å²) in [6.45, 7) is 7.76. The average molecular weight is 304 g/mol. The van der Waals surface area contributed by atoms with Crippen LogP contribution in [-0.2, 0) is 6.61 Å². The molecule has 0 amide bonds. The third-order valence-corrected chi connectivity index (χ3v) is 3.78. The van der Waals surface area contributed by atoms with Gasteiger partial charge in [-0.15, -0.1) is 0 Å². The molecule has 0 saturated heterocycles. The van der Waals surface area contributed by atoms with E-state index in [1.54, 1.807) is 0 Å². The Morgan fingerprint density at radius 2 is 1.86 bits per heavy atom. The number of hydrogen-bond donors (Lipinski definition) is 1. The van der Waals surface area contributed by atoms with Crippen molar-refractivity contribution in [1.82, 2.24) is 5.32 Å². The summed E-state index contributed by atoms with van der Waals surface area (Å²) in [5, 5.41) is 4.03. The molecule has 1 N–H and O–H groups in total. The quantitative estimate of drug-likeness (QED) is 0.819. The number of ether oxygens (including phenoxy) is 1. The molecular weight excluding hydrogens is 282 g/mol. The van der Waals surface area contributed by atoms with E-state index in [9.17, 15) is 0 Å². The van der Waals surface area contributed by atoms with Crippen molar-refractivity contribution in [1.29, 1.82) is 0 Å². The third kappa shape index (κ3) is 4.48. The van der Waals surface area contributed by atoms with Crippen molar-refractivity contribution in [2.45, 2.75) is 33.4 Å². The first-order chi connectivity index (χ1) is 10.1. The van der Waals surface area contributed by atoms with Crippen LogP contribution >= 0.6 is 11.6 Å². The zero-order valence-electron chi connectivity index (χ0n) is 12.8. The maximum absolute atomic E-state index is 6.31. The van der Waals surface area contributed by atoms with E-state index in [1.807, 2.05) is 12.1 Å². The second kappa shape index (κ2) is 7.48. The van der Waals surface area contributed by atoms with Gasteiger partial charge in [-0.25, -0.2) is 0 Å². The highest BCUT2D eigenvalue weighted by Gasteiger charge is 2.08. The van der Waals surface area contributed by atoms with E-state index in [0.29, 0.717) is 17.7 Å². The van der Waals surface area contributed by atoms with E-state index in [0.717, 1.165) is 17.9 Å². The van der Waals surface area contributed by atoms with Gasteiger partial charge in [0.15, 0.2) is 0 Å². The lowest BCUT2D eigenvalue weighted by Gasteiger charge is -2.15. The first-order valence-electron chi connectivity index (χ1n) is 7.31. The van der Waals surface area contributed by atoms with E-state index < -0.39 is 0 Å². The summed E-state index contributed by atoms with van der Waals surface area (Å²) in [5.74, 6) is 0.727. The topological polar surface area (TPSA) is 21.3 Å². The van der Waals surface area contributed by atoms with Gasteiger partial charge in [0.1, 0.15) is 12.4 Å². The minimum Gasteiger partial charge on any atom is -0.487 e. The predicted molar refractivity (Wildman–Crippen MR) is 89.1 cm³/mol. The summed E-state index contributed by atoms with van der Waals surface area (Å²) in [6.07, 6.45) is 0. The van der Waals surface area contributed by atoms with Crippen molar-refractivity contribution in [2.75, 3.05) is 6.54 Å². The van der Waals surface area contributed by atoms with Crippen LogP contribution in [0.3, 0.4) is 0 Å². The van der Waals surface area contributed by atoms with Crippen LogP contribution in [-0.4, -0.2) is 6.54 Å². The molecular formula is C18H22ClNO. The lowest BCUT2D eigenvalue weighted by atomic mass is 10.1. The Kier molecular flexibility index (Phi) is 5.66. The van der Waals surface area contributed by atoms with Gasteiger partial charge in [-0.05, 0) is 43.7 Å². The molecule has 0 fully saturated rings. The van der Waals surface area contributed by atoms with Crippen molar-refractivity contribution in [2.24, 2.45) is 0 Å². The van der Waals surface area contributed by atoms with Gasteiger partial charge in [0.05, 0.1) is 5.02 Å². The lowest BCUT2D eigenvalue weighted by Crippen LogP contribution is -2.17. The molecule has 2 aromatic rings. The monoisotopic (exact) mass is 303 g/mol. The maximum atomic E-state index is 6.31. The van der Waals surface area contributed by atoms with Crippen molar-refractivity contribution >= 4 is 11.6 Å². The molecule has 0 radical (unpaired) electrons. The Morgan fingerprint density at radius 1 is 1.14 bits per heavy atom. The fraction of sp³-hybridized carbons (Fsp3) is 0.333. The Labute approximate surface area is 132 Å². The highest BCUT2D eigenvalue weighted by atomic mass is 35.5. The minimum atomic E-state index is 0.290. The fourth-order valence-electron chi connectivity index (χ4n) is 2.17. The molecule has 0 heterocycles. The Hall–Kier alpha value is -1.51. The molecule has 3 heteroatoms. The number of hydrogen-bond acceptors (Lipinski definition) is 2. The van der Waals surface area contributed by atoms with Gasteiger partial charge in [-0.1, -0.05) is 54.4 Å². The molecule has 2 nitrogen and oxygen atoms in total. The van der Waals surface area contributed by atoms with Crippen LogP contribution in [0.25, 0.3) is 0 Å². The number of rotatable bonds is 6. The number of aryl methyl sites for hydroxylation is 1. The Bertz CT molecular complexity index is 580. The van der Waals surface area contributed by atoms with Gasteiger partial charge in [0, 0.05) is 6.04 Å². The standard InChI is InChI=1S/C18H22ClNO/c1-4-20-14(3)16-9-10-18(17(19)11-16)21-12-15-7-5-13(2)6-8-15/h5-11,14,20H,4,12H2,1-3H3. The largest absolute Gasteiger partial charge is 0.487 e. The summed E-state index contributed by atoms with van der Waals surface area (Å²) in [6, 6.07) is 14.6. The first-order valence-corrected chi connectivity index (χ1v) is 7.69. The molecule has 0 saturated carbocycles. The summed E-state index contributed by atoms with van der Waals surface area (Å²) in [4.78, 5) is 0. The average Bonchev–Trinajstić information content (AvgIpc) is 2.48. The number of halogens is 1.